The molecule has 1 N–H and O–H groups in total. The first-order chi connectivity index (χ1) is 7.30. The number of hydrogen-bond donors (Lipinski definition) is 1. The second kappa shape index (κ2) is 5.26. The number of rotatable bonds is 2. The van der Waals surface area contributed by atoms with Crippen LogP contribution in [0.1, 0.15) is 25.3 Å². The minimum Gasteiger partial charge on any atom is -0.322 e. The maximum Gasteiger partial charge on any atom is 0.276 e. The van der Waals surface area contributed by atoms with Gasteiger partial charge in [-0.15, -0.1) is 0 Å². The smallest absolute Gasteiger partial charge is 0.276 e. The van der Waals surface area contributed by atoms with Gasteiger partial charge < -0.3 is 5.32 Å². The molecule has 0 radical (unpaired) electrons. The molecule has 1 amide bonds. The minimum atomic E-state index is -1.93. The number of nitrogens with one attached hydrogen (secondary N) is 1. The van der Waals surface area contributed by atoms with Gasteiger partial charge in [0.2, 0.25) is 0 Å². The Morgan fingerprint density at radius 2 is 1.69 bits per heavy atom. The van der Waals surface area contributed by atoms with Crippen LogP contribution in [0.5, 0.6) is 0 Å². The van der Waals surface area contributed by atoms with E-state index in [1.165, 1.54) is 5.56 Å². The fourth-order valence-corrected chi connectivity index (χ4v) is 1.30. The molecular formula is C11H12Cl3NO. The number of anilines is 1. The molecule has 0 aromatic heterocycles. The SMILES string of the molecule is CC(C)c1ccc(NC(=O)C(Cl)(Cl)Cl)cc1. The van der Waals surface area contributed by atoms with E-state index in [2.05, 4.69) is 19.2 Å². The lowest BCUT2D eigenvalue weighted by Gasteiger charge is -2.12. The predicted octanol–water partition coefficient (Wildman–Crippen LogP) is 4.12. The molecule has 0 fully saturated rings. The van der Waals surface area contributed by atoms with Gasteiger partial charge >= 0.3 is 0 Å². The topological polar surface area (TPSA) is 29.1 Å². The lowest BCUT2D eigenvalue weighted by atomic mass is 10.0. The summed E-state index contributed by atoms with van der Waals surface area (Å²) in [5, 5.41) is 2.51. The first kappa shape index (κ1) is 13.6. The summed E-state index contributed by atoms with van der Waals surface area (Å²) in [5.41, 5.74) is 1.80. The van der Waals surface area contributed by atoms with Crippen molar-refractivity contribution >= 4 is 46.4 Å². The van der Waals surface area contributed by atoms with Crippen LogP contribution in [-0.2, 0) is 4.79 Å². The zero-order valence-corrected chi connectivity index (χ0v) is 11.2. The van der Waals surface area contributed by atoms with Crippen LogP contribution >= 0.6 is 34.8 Å². The molecule has 0 atom stereocenters. The molecule has 1 rings (SSSR count). The Morgan fingerprint density at radius 3 is 2.06 bits per heavy atom. The molecule has 0 aliphatic heterocycles. The van der Waals surface area contributed by atoms with E-state index in [-0.39, 0.29) is 0 Å². The Morgan fingerprint density at radius 1 is 1.19 bits per heavy atom. The van der Waals surface area contributed by atoms with Gasteiger partial charge in [0.05, 0.1) is 0 Å². The maximum atomic E-state index is 11.3. The van der Waals surface area contributed by atoms with Crippen LogP contribution in [0.2, 0.25) is 0 Å². The summed E-state index contributed by atoms with van der Waals surface area (Å²) < 4.78 is -1.93. The van der Waals surface area contributed by atoms with Crippen LogP contribution in [-0.4, -0.2) is 9.70 Å². The van der Waals surface area contributed by atoms with E-state index in [0.29, 0.717) is 11.6 Å². The summed E-state index contributed by atoms with van der Waals surface area (Å²) in [5.74, 6) is -0.215. The second-order valence-electron chi connectivity index (χ2n) is 3.73. The van der Waals surface area contributed by atoms with Gasteiger partial charge in [-0.25, -0.2) is 0 Å². The van der Waals surface area contributed by atoms with Crippen LogP contribution in [0.25, 0.3) is 0 Å². The Bertz CT molecular complexity index is 368. The van der Waals surface area contributed by atoms with Gasteiger partial charge in [-0.3, -0.25) is 4.79 Å². The lowest BCUT2D eigenvalue weighted by molar-refractivity contribution is -0.115. The third-order valence-corrected chi connectivity index (χ3v) is 2.61. The predicted molar refractivity (Wildman–Crippen MR) is 69.5 cm³/mol. The molecular weight excluding hydrogens is 268 g/mol. The largest absolute Gasteiger partial charge is 0.322 e. The van der Waals surface area contributed by atoms with Crippen molar-refractivity contribution in [1.82, 2.24) is 0 Å². The molecule has 0 saturated carbocycles. The van der Waals surface area contributed by atoms with E-state index in [4.69, 9.17) is 34.8 Å². The van der Waals surface area contributed by atoms with Crippen LogP contribution in [0.3, 0.4) is 0 Å². The average Bonchev–Trinajstić information content (AvgIpc) is 2.17. The van der Waals surface area contributed by atoms with Crippen LogP contribution in [0.15, 0.2) is 24.3 Å². The fourth-order valence-electron chi connectivity index (χ4n) is 1.15. The molecule has 1 aromatic carbocycles. The monoisotopic (exact) mass is 279 g/mol. The van der Waals surface area contributed by atoms with E-state index >= 15 is 0 Å². The third-order valence-electron chi connectivity index (χ3n) is 2.09. The molecule has 16 heavy (non-hydrogen) atoms. The highest BCUT2D eigenvalue weighted by Gasteiger charge is 2.30. The third kappa shape index (κ3) is 3.85. The van der Waals surface area contributed by atoms with Gasteiger partial charge in [0.1, 0.15) is 0 Å². The molecule has 0 aliphatic rings. The summed E-state index contributed by atoms with van der Waals surface area (Å²) >= 11 is 16.3. The van der Waals surface area contributed by atoms with E-state index in [9.17, 15) is 4.79 Å². The number of hydrogen-bond acceptors (Lipinski definition) is 1. The van der Waals surface area contributed by atoms with Gasteiger partial charge in [0.15, 0.2) is 0 Å². The first-order valence-corrected chi connectivity index (χ1v) is 5.92. The van der Waals surface area contributed by atoms with Gasteiger partial charge in [0.25, 0.3) is 9.70 Å². The highest BCUT2D eigenvalue weighted by molar-refractivity contribution is 6.76. The molecule has 0 saturated heterocycles. The van der Waals surface area contributed by atoms with Gasteiger partial charge in [-0.05, 0) is 23.6 Å². The van der Waals surface area contributed by atoms with Gasteiger partial charge in [-0.1, -0.05) is 60.8 Å². The lowest BCUT2D eigenvalue weighted by Crippen LogP contribution is -2.26. The Hall–Kier alpha value is -0.440. The van der Waals surface area contributed by atoms with Crippen molar-refractivity contribution in [2.75, 3.05) is 5.32 Å². The van der Waals surface area contributed by atoms with Crippen LogP contribution in [0, 0.1) is 0 Å². The summed E-state index contributed by atoms with van der Waals surface area (Å²) in [7, 11) is 0. The standard InChI is InChI=1S/C11H12Cl3NO/c1-7(2)8-3-5-9(6-4-8)15-10(16)11(12,13)14/h3-7H,1-2H3,(H,15,16). The highest BCUT2D eigenvalue weighted by Crippen LogP contribution is 2.28. The van der Waals surface area contributed by atoms with Gasteiger partial charge in [-0.2, -0.15) is 0 Å². The van der Waals surface area contributed by atoms with Crippen molar-refractivity contribution < 1.29 is 4.79 Å². The summed E-state index contributed by atoms with van der Waals surface area (Å²) in [6, 6.07) is 7.42. The van der Waals surface area contributed by atoms with Crippen molar-refractivity contribution in [2.45, 2.75) is 23.6 Å². The quantitative estimate of drug-likeness (QED) is 0.811. The van der Waals surface area contributed by atoms with Crippen LogP contribution in [0.4, 0.5) is 5.69 Å². The number of amides is 1. The first-order valence-electron chi connectivity index (χ1n) is 4.79. The van der Waals surface area contributed by atoms with E-state index in [1.54, 1.807) is 12.1 Å². The number of benzene rings is 1. The summed E-state index contributed by atoms with van der Waals surface area (Å²) in [4.78, 5) is 11.3. The van der Waals surface area contributed by atoms with Crippen molar-refractivity contribution in [3.05, 3.63) is 29.8 Å². The van der Waals surface area contributed by atoms with E-state index in [1.807, 2.05) is 12.1 Å². The second-order valence-corrected chi connectivity index (χ2v) is 6.01. The molecule has 5 heteroatoms. The summed E-state index contributed by atoms with van der Waals surface area (Å²) in [6.07, 6.45) is 0. The number of carbonyl (C=O) groups is 1. The zero-order valence-electron chi connectivity index (χ0n) is 8.93. The van der Waals surface area contributed by atoms with E-state index in [0.717, 1.165) is 0 Å². The molecule has 0 heterocycles. The molecule has 1 aromatic rings. The Kier molecular flexibility index (Phi) is 4.48. The molecule has 0 spiro atoms. The Balaban J connectivity index is 2.73. The molecule has 0 aliphatic carbocycles. The number of alkyl halides is 3. The molecule has 2 nitrogen and oxygen atoms in total. The molecule has 88 valence electrons. The van der Waals surface area contributed by atoms with Crippen LogP contribution < -0.4 is 5.32 Å². The normalized spacial score (nSPS) is 11.6. The fraction of sp³-hybridized carbons (Fsp3) is 0.364. The zero-order chi connectivity index (χ0) is 12.3. The van der Waals surface area contributed by atoms with Crippen molar-refractivity contribution in [3.8, 4) is 0 Å². The van der Waals surface area contributed by atoms with Crippen molar-refractivity contribution in [2.24, 2.45) is 0 Å². The van der Waals surface area contributed by atoms with Crippen molar-refractivity contribution in [1.29, 1.82) is 0 Å². The summed E-state index contributed by atoms with van der Waals surface area (Å²) in [6.45, 7) is 4.18. The molecule has 0 bridgehead atoms. The average molecular weight is 281 g/mol. The Labute approximate surface area is 110 Å². The van der Waals surface area contributed by atoms with Gasteiger partial charge in [0, 0.05) is 5.69 Å². The highest BCUT2D eigenvalue weighted by atomic mass is 35.6. The van der Waals surface area contributed by atoms with E-state index < -0.39 is 9.70 Å². The minimum absolute atomic E-state index is 0.443. The maximum absolute atomic E-state index is 11.3. The van der Waals surface area contributed by atoms with Crippen molar-refractivity contribution in [3.63, 3.8) is 0 Å². The number of carbonyl (C=O) groups excluding carboxylic acids is 1. The molecule has 0 unspecified atom stereocenters. The number of halogens is 3.